The quantitative estimate of drug-likeness (QED) is 0.840. The van der Waals surface area contributed by atoms with Crippen LogP contribution in [0.15, 0.2) is 46.0 Å². The third-order valence-corrected chi connectivity index (χ3v) is 6.06. The van der Waals surface area contributed by atoms with Gasteiger partial charge in [-0.25, -0.2) is 0 Å². The van der Waals surface area contributed by atoms with Crippen molar-refractivity contribution in [3.05, 3.63) is 59.0 Å². The van der Waals surface area contributed by atoms with Crippen molar-refractivity contribution in [3.63, 3.8) is 0 Å². The maximum atomic E-state index is 12.8. The smallest absolute Gasteiger partial charge is 0.303 e. The normalized spacial score (nSPS) is 21.4. The van der Waals surface area contributed by atoms with E-state index in [1.165, 1.54) is 23.0 Å². The highest BCUT2D eigenvalue weighted by Gasteiger charge is 2.35. The third-order valence-electron chi connectivity index (χ3n) is 6.06. The highest BCUT2D eigenvalue weighted by atomic mass is 16.4. The zero-order valence-corrected chi connectivity index (χ0v) is 16.6. The van der Waals surface area contributed by atoms with Crippen LogP contribution in [0.4, 0.5) is 0 Å². The summed E-state index contributed by atoms with van der Waals surface area (Å²) in [6, 6.07) is 9.85. The van der Waals surface area contributed by atoms with Crippen LogP contribution >= 0.6 is 0 Å². The van der Waals surface area contributed by atoms with Gasteiger partial charge < -0.3 is 14.4 Å². The predicted molar refractivity (Wildman–Crippen MR) is 109 cm³/mol. The van der Waals surface area contributed by atoms with E-state index >= 15 is 0 Å². The van der Waals surface area contributed by atoms with Crippen LogP contribution < -0.4 is 0 Å². The number of benzene rings is 1. The van der Waals surface area contributed by atoms with Crippen molar-refractivity contribution >= 4 is 17.6 Å². The first-order valence-corrected chi connectivity index (χ1v) is 10.2. The van der Waals surface area contributed by atoms with Crippen LogP contribution in [-0.4, -0.2) is 47.2 Å². The van der Waals surface area contributed by atoms with E-state index in [0.29, 0.717) is 31.7 Å². The summed E-state index contributed by atoms with van der Waals surface area (Å²) in [5.74, 6) is -0.491. The van der Waals surface area contributed by atoms with E-state index in [-0.39, 0.29) is 24.2 Å². The number of carboxylic acid groups (broad SMARTS) is 1. The Morgan fingerprint density at radius 2 is 2.14 bits per heavy atom. The summed E-state index contributed by atoms with van der Waals surface area (Å²) in [5, 5.41) is 9.38. The molecular weight excluding hydrogens is 368 g/mol. The molecule has 0 unspecified atom stereocenters. The van der Waals surface area contributed by atoms with E-state index in [1.807, 2.05) is 0 Å². The van der Waals surface area contributed by atoms with Crippen molar-refractivity contribution in [1.82, 2.24) is 4.90 Å². The summed E-state index contributed by atoms with van der Waals surface area (Å²) in [6.07, 6.45) is 3.93. The van der Waals surface area contributed by atoms with Crippen molar-refractivity contribution in [2.24, 2.45) is 16.8 Å². The number of fused-ring (bicyclic) bond motifs is 1. The monoisotopic (exact) mass is 394 g/mol. The fraction of sp³-hybridized carbons (Fsp3) is 0.435. The number of furan rings is 1. The van der Waals surface area contributed by atoms with Gasteiger partial charge in [0.05, 0.1) is 6.26 Å². The number of carbonyl (C=O) groups is 2. The summed E-state index contributed by atoms with van der Waals surface area (Å²) in [7, 11) is 0. The first kappa shape index (κ1) is 19.4. The van der Waals surface area contributed by atoms with Crippen molar-refractivity contribution in [2.75, 3.05) is 19.6 Å². The van der Waals surface area contributed by atoms with Gasteiger partial charge in [0.2, 0.25) is 0 Å². The molecule has 1 aromatic carbocycles. The van der Waals surface area contributed by atoms with Crippen LogP contribution in [0, 0.1) is 18.8 Å². The molecule has 0 saturated carbocycles. The van der Waals surface area contributed by atoms with E-state index in [0.717, 1.165) is 18.7 Å². The average Bonchev–Trinajstić information content (AvgIpc) is 3.23. The Labute approximate surface area is 170 Å². The number of aliphatic imine (C=N–C) groups is 1. The number of likely N-dealkylation sites (tertiary alicyclic amines) is 1. The van der Waals surface area contributed by atoms with Crippen LogP contribution in [-0.2, 0) is 11.2 Å². The summed E-state index contributed by atoms with van der Waals surface area (Å²) >= 11 is 0. The number of nitrogens with zero attached hydrogens (tertiary/aromatic N) is 2. The number of hydrogen-bond acceptors (Lipinski definition) is 4. The van der Waals surface area contributed by atoms with E-state index in [4.69, 9.17) is 9.41 Å². The molecule has 2 aromatic rings. The molecule has 1 saturated heterocycles. The topological polar surface area (TPSA) is 83.1 Å². The van der Waals surface area contributed by atoms with Gasteiger partial charge in [0.25, 0.3) is 5.91 Å². The van der Waals surface area contributed by atoms with Gasteiger partial charge in [0.15, 0.2) is 5.76 Å². The zero-order valence-electron chi connectivity index (χ0n) is 16.6. The summed E-state index contributed by atoms with van der Waals surface area (Å²) in [6.45, 7) is 3.91. The van der Waals surface area contributed by atoms with E-state index in [2.05, 4.69) is 25.1 Å². The minimum absolute atomic E-state index is 0.0334. The number of carboxylic acids is 1. The highest BCUT2D eigenvalue weighted by molar-refractivity contribution is 6.03. The fourth-order valence-electron chi connectivity index (χ4n) is 4.54. The van der Waals surface area contributed by atoms with Gasteiger partial charge in [-0.05, 0) is 67.3 Å². The number of amides is 1. The molecule has 152 valence electrons. The number of aliphatic carboxylic acids is 1. The number of hydrogen-bond donors (Lipinski definition) is 1. The Bertz CT molecular complexity index is 932. The molecule has 0 spiro atoms. The first-order chi connectivity index (χ1) is 14.0. The maximum Gasteiger partial charge on any atom is 0.303 e. The van der Waals surface area contributed by atoms with Crippen LogP contribution in [0.25, 0.3) is 0 Å². The lowest BCUT2D eigenvalue weighted by atomic mass is 9.78. The molecule has 2 aliphatic heterocycles. The van der Waals surface area contributed by atoms with E-state index in [1.54, 1.807) is 17.0 Å². The molecule has 1 aromatic heterocycles. The SMILES string of the molecule is Cc1ccc2c(c1)C(C[C@H]1CN(C(=O)c3ccco3)CC[C@H]1CC(=O)O)=NCC2. The second kappa shape index (κ2) is 8.23. The Morgan fingerprint density at radius 3 is 2.90 bits per heavy atom. The molecule has 6 heteroatoms. The fourth-order valence-corrected chi connectivity index (χ4v) is 4.54. The highest BCUT2D eigenvalue weighted by Crippen LogP contribution is 2.32. The Kier molecular flexibility index (Phi) is 5.51. The second-order valence-corrected chi connectivity index (χ2v) is 8.08. The van der Waals surface area contributed by atoms with Crippen LogP contribution in [0.1, 0.15) is 46.5 Å². The van der Waals surface area contributed by atoms with E-state index < -0.39 is 5.97 Å². The van der Waals surface area contributed by atoms with Crippen LogP contribution in [0.3, 0.4) is 0 Å². The van der Waals surface area contributed by atoms with Crippen LogP contribution in [0.5, 0.6) is 0 Å². The van der Waals surface area contributed by atoms with Gasteiger partial charge in [0.1, 0.15) is 0 Å². The van der Waals surface area contributed by atoms with Gasteiger partial charge >= 0.3 is 5.97 Å². The van der Waals surface area contributed by atoms with Crippen molar-refractivity contribution < 1.29 is 19.1 Å². The van der Waals surface area contributed by atoms with Gasteiger partial charge in [-0.2, -0.15) is 0 Å². The first-order valence-electron chi connectivity index (χ1n) is 10.2. The number of piperidine rings is 1. The average molecular weight is 394 g/mol. The zero-order chi connectivity index (χ0) is 20.4. The summed E-state index contributed by atoms with van der Waals surface area (Å²) in [4.78, 5) is 30.8. The number of rotatable bonds is 5. The molecule has 2 atom stereocenters. The van der Waals surface area contributed by atoms with Crippen LogP contribution in [0.2, 0.25) is 0 Å². The Hall–Kier alpha value is -2.89. The van der Waals surface area contributed by atoms with E-state index in [9.17, 15) is 14.7 Å². The molecule has 1 amide bonds. The van der Waals surface area contributed by atoms with Crippen molar-refractivity contribution in [3.8, 4) is 0 Å². The molecule has 0 bridgehead atoms. The van der Waals surface area contributed by atoms with Gasteiger partial charge in [-0.3, -0.25) is 14.6 Å². The lowest BCUT2D eigenvalue weighted by Crippen LogP contribution is -2.45. The second-order valence-electron chi connectivity index (χ2n) is 8.08. The minimum atomic E-state index is -0.785. The molecule has 0 aliphatic carbocycles. The molecular formula is C23H26N2O4. The largest absolute Gasteiger partial charge is 0.481 e. The Balaban J connectivity index is 1.56. The predicted octanol–water partition coefficient (Wildman–Crippen LogP) is 3.58. The molecule has 1 N–H and O–H groups in total. The molecule has 4 rings (SSSR count). The van der Waals surface area contributed by atoms with Gasteiger partial charge in [-0.15, -0.1) is 0 Å². The molecule has 29 heavy (non-hydrogen) atoms. The van der Waals surface area contributed by atoms with Crippen molar-refractivity contribution in [2.45, 2.75) is 32.6 Å². The lowest BCUT2D eigenvalue weighted by Gasteiger charge is -2.38. The number of aryl methyl sites for hydroxylation is 1. The standard InChI is InChI=1S/C23H26N2O4/c1-15-4-5-16-6-8-24-20(19(16)11-15)12-18-14-25(9-7-17(18)13-22(26)27)23(28)21-3-2-10-29-21/h2-5,10-11,17-18H,6-9,12-14H2,1H3,(H,26,27)/t17-,18-/m0/s1. The lowest BCUT2D eigenvalue weighted by molar-refractivity contribution is -0.138. The van der Waals surface area contributed by atoms with Gasteiger partial charge in [0, 0.05) is 31.8 Å². The molecule has 2 aliphatic rings. The molecule has 1 fully saturated rings. The van der Waals surface area contributed by atoms with Crippen molar-refractivity contribution in [1.29, 1.82) is 0 Å². The molecule has 0 radical (unpaired) electrons. The Morgan fingerprint density at radius 1 is 1.28 bits per heavy atom. The minimum Gasteiger partial charge on any atom is -0.481 e. The maximum absolute atomic E-state index is 12.8. The summed E-state index contributed by atoms with van der Waals surface area (Å²) < 4.78 is 5.28. The molecule has 6 nitrogen and oxygen atoms in total. The van der Waals surface area contributed by atoms with Gasteiger partial charge in [-0.1, -0.05) is 17.7 Å². The summed E-state index contributed by atoms with van der Waals surface area (Å²) in [5.41, 5.74) is 4.72. The third kappa shape index (κ3) is 4.26. The number of carbonyl (C=O) groups excluding carboxylic acids is 1. The molecule has 3 heterocycles.